The first-order valence-electron chi connectivity index (χ1n) is 9.55. The molecule has 1 fully saturated rings. The van der Waals surface area contributed by atoms with Crippen molar-refractivity contribution < 1.29 is 23.4 Å². The summed E-state index contributed by atoms with van der Waals surface area (Å²) >= 11 is 0. The Morgan fingerprint density at radius 2 is 2.03 bits per heavy atom. The van der Waals surface area contributed by atoms with Crippen molar-refractivity contribution in [2.45, 2.75) is 45.0 Å². The zero-order valence-corrected chi connectivity index (χ0v) is 16.4. The minimum absolute atomic E-state index is 0.170. The topological polar surface area (TPSA) is 81.5 Å². The molecule has 1 saturated heterocycles. The Labute approximate surface area is 167 Å². The molecule has 0 aliphatic carbocycles. The number of alkyl halides is 3. The predicted octanol–water partition coefficient (Wildman–Crippen LogP) is 3.43. The van der Waals surface area contributed by atoms with Gasteiger partial charge >= 0.3 is 6.18 Å². The number of aromatic hydroxyl groups is 1. The number of nitrogens with zero attached hydrogens (tertiary/aromatic N) is 3. The molecular formula is C20H25F3N4O2. The molecule has 0 bridgehead atoms. The summed E-state index contributed by atoms with van der Waals surface area (Å²) in [7, 11) is 0. The number of anilines is 1. The van der Waals surface area contributed by atoms with Gasteiger partial charge in [-0.15, -0.1) is 10.2 Å². The number of aromatic nitrogens is 2. The van der Waals surface area contributed by atoms with Gasteiger partial charge in [0.2, 0.25) is 0 Å². The SMILES string of the molecule is Cc1cc(C(F)(F)F)cc(O)c1-c1ccc(N[C@@H]2CCCN(C[C@@H](C)O)C2)nn1. The van der Waals surface area contributed by atoms with E-state index in [1.54, 1.807) is 19.1 Å². The van der Waals surface area contributed by atoms with E-state index in [1.165, 1.54) is 6.92 Å². The van der Waals surface area contributed by atoms with Crippen molar-refractivity contribution in [2.75, 3.05) is 25.0 Å². The van der Waals surface area contributed by atoms with Crippen LogP contribution in [0, 0.1) is 6.92 Å². The molecule has 0 radical (unpaired) electrons. The normalized spacial score (nSPS) is 19.2. The van der Waals surface area contributed by atoms with E-state index in [0.717, 1.165) is 32.0 Å². The number of halogens is 3. The number of rotatable bonds is 5. The number of hydrogen-bond donors (Lipinski definition) is 3. The van der Waals surface area contributed by atoms with Gasteiger partial charge in [-0.1, -0.05) is 0 Å². The molecule has 0 spiro atoms. The average Bonchev–Trinajstić information content (AvgIpc) is 2.61. The lowest BCUT2D eigenvalue weighted by Gasteiger charge is -2.33. The summed E-state index contributed by atoms with van der Waals surface area (Å²) < 4.78 is 38.7. The number of benzene rings is 1. The summed E-state index contributed by atoms with van der Waals surface area (Å²) in [4.78, 5) is 2.19. The van der Waals surface area contributed by atoms with E-state index in [1.807, 2.05) is 0 Å². The van der Waals surface area contributed by atoms with Crippen molar-refractivity contribution in [3.05, 3.63) is 35.4 Å². The fourth-order valence-electron chi connectivity index (χ4n) is 3.73. The second kappa shape index (κ2) is 8.54. The van der Waals surface area contributed by atoms with Gasteiger partial charge < -0.3 is 15.5 Å². The number of β-amino-alcohol motifs (C(OH)–C–C–N with tert-alkyl or cyclic N) is 1. The van der Waals surface area contributed by atoms with Gasteiger partial charge in [0.15, 0.2) is 0 Å². The number of phenols is 1. The lowest BCUT2D eigenvalue weighted by Crippen LogP contribution is -2.44. The highest BCUT2D eigenvalue weighted by molar-refractivity contribution is 5.71. The van der Waals surface area contributed by atoms with Gasteiger partial charge in [-0.05, 0) is 63.1 Å². The van der Waals surface area contributed by atoms with Crippen LogP contribution < -0.4 is 5.32 Å². The molecule has 1 aromatic heterocycles. The molecule has 2 heterocycles. The number of aliphatic hydroxyl groups excluding tert-OH is 1. The number of piperidine rings is 1. The zero-order valence-electron chi connectivity index (χ0n) is 16.4. The van der Waals surface area contributed by atoms with Gasteiger partial charge in [-0.25, -0.2) is 0 Å². The van der Waals surface area contributed by atoms with Crippen molar-refractivity contribution in [2.24, 2.45) is 0 Å². The van der Waals surface area contributed by atoms with Crippen molar-refractivity contribution in [3.63, 3.8) is 0 Å². The Balaban J connectivity index is 1.72. The summed E-state index contributed by atoms with van der Waals surface area (Å²) in [5.74, 6) is 0.0788. The van der Waals surface area contributed by atoms with E-state index in [0.29, 0.717) is 24.1 Å². The van der Waals surface area contributed by atoms with Crippen LogP contribution in [-0.2, 0) is 6.18 Å². The van der Waals surface area contributed by atoms with Gasteiger partial charge in [-0.2, -0.15) is 13.2 Å². The number of aliphatic hydroxyl groups is 1. The summed E-state index contributed by atoms with van der Waals surface area (Å²) in [6.07, 6.45) is -2.93. The number of hydrogen-bond acceptors (Lipinski definition) is 6. The van der Waals surface area contributed by atoms with Crippen LogP contribution in [0.4, 0.5) is 19.0 Å². The maximum absolute atomic E-state index is 12.9. The first kappa shape index (κ1) is 21.3. The Kier molecular flexibility index (Phi) is 6.28. The van der Waals surface area contributed by atoms with E-state index >= 15 is 0 Å². The third-order valence-electron chi connectivity index (χ3n) is 4.94. The van der Waals surface area contributed by atoms with Gasteiger partial charge in [0.25, 0.3) is 0 Å². The fourth-order valence-corrected chi connectivity index (χ4v) is 3.73. The second-order valence-corrected chi connectivity index (χ2v) is 7.58. The molecular weight excluding hydrogens is 385 g/mol. The molecule has 6 nitrogen and oxygen atoms in total. The molecule has 1 aliphatic heterocycles. The molecule has 158 valence electrons. The molecule has 0 saturated carbocycles. The first-order valence-corrected chi connectivity index (χ1v) is 9.55. The van der Waals surface area contributed by atoms with Crippen LogP contribution >= 0.6 is 0 Å². The Morgan fingerprint density at radius 1 is 1.28 bits per heavy atom. The second-order valence-electron chi connectivity index (χ2n) is 7.58. The molecule has 0 unspecified atom stereocenters. The number of phenolic OH excluding ortho intramolecular Hbond substituents is 1. The molecule has 9 heteroatoms. The Hall–Kier alpha value is -2.39. The standard InChI is InChI=1S/C20H25F3N4O2/c1-12-8-14(20(21,22)23)9-17(29)19(12)16-5-6-18(26-25-16)24-15-4-3-7-27(11-15)10-13(2)28/h5-6,8-9,13,15,28-29H,3-4,7,10-11H2,1-2H3,(H,24,26)/t13-,15-/m1/s1. The van der Waals surface area contributed by atoms with E-state index in [-0.39, 0.29) is 23.3 Å². The van der Waals surface area contributed by atoms with Crippen LogP contribution in [0.2, 0.25) is 0 Å². The predicted molar refractivity (Wildman–Crippen MR) is 104 cm³/mol. The highest BCUT2D eigenvalue weighted by Gasteiger charge is 2.32. The van der Waals surface area contributed by atoms with Gasteiger partial charge in [0.1, 0.15) is 11.6 Å². The average molecular weight is 410 g/mol. The van der Waals surface area contributed by atoms with Crippen LogP contribution in [0.15, 0.2) is 24.3 Å². The smallest absolute Gasteiger partial charge is 0.416 e. The summed E-state index contributed by atoms with van der Waals surface area (Å²) in [5, 5.41) is 31.2. The third kappa shape index (κ3) is 5.36. The maximum Gasteiger partial charge on any atom is 0.416 e. The maximum atomic E-state index is 12.9. The van der Waals surface area contributed by atoms with Crippen molar-refractivity contribution in [1.29, 1.82) is 0 Å². The lowest BCUT2D eigenvalue weighted by atomic mass is 10.0. The fraction of sp³-hybridized carbons (Fsp3) is 0.500. The number of likely N-dealkylation sites (tertiary alicyclic amines) is 1. The minimum atomic E-state index is -4.53. The lowest BCUT2D eigenvalue weighted by molar-refractivity contribution is -0.137. The van der Waals surface area contributed by atoms with Gasteiger partial charge in [0.05, 0.1) is 17.4 Å². The van der Waals surface area contributed by atoms with E-state index in [9.17, 15) is 23.4 Å². The van der Waals surface area contributed by atoms with Crippen LogP contribution in [0.3, 0.4) is 0 Å². The Morgan fingerprint density at radius 3 is 2.62 bits per heavy atom. The summed E-state index contributed by atoms with van der Waals surface area (Å²) in [6.45, 7) is 5.61. The molecule has 2 aromatic rings. The van der Waals surface area contributed by atoms with Crippen molar-refractivity contribution in [1.82, 2.24) is 15.1 Å². The molecule has 1 aliphatic rings. The van der Waals surface area contributed by atoms with Gasteiger partial charge in [0, 0.05) is 24.7 Å². The van der Waals surface area contributed by atoms with Crippen LogP contribution in [0.1, 0.15) is 30.9 Å². The van der Waals surface area contributed by atoms with E-state index in [2.05, 4.69) is 20.4 Å². The summed E-state index contributed by atoms with van der Waals surface area (Å²) in [5.41, 5.74) is -0.0913. The molecule has 2 atom stereocenters. The summed E-state index contributed by atoms with van der Waals surface area (Å²) in [6, 6.07) is 5.19. The number of aryl methyl sites for hydroxylation is 1. The zero-order chi connectivity index (χ0) is 21.2. The van der Waals surface area contributed by atoms with Crippen LogP contribution in [-0.4, -0.2) is 57.1 Å². The van der Waals surface area contributed by atoms with Crippen LogP contribution in [0.25, 0.3) is 11.3 Å². The first-order chi connectivity index (χ1) is 13.6. The van der Waals surface area contributed by atoms with E-state index < -0.39 is 17.5 Å². The molecule has 3 N–H and O–H groups in total. The molecule has 29 heavy (non-hydrogen) atoms. The Bertz CT molecular complexity index is 818. The van der Waals surface area contributed by atoms with Crippen molar-refractivity contribution in [3.8, 4) is 17.0 Å². The minimum Gasteiger partial charge on any atom is -0.507 e. The quantitative estimate of drug-likeness (QED) is 0.701. The van der Waals surface area contributed by atoms with Crippen LogP contribution in [0.5, 0.6) is 5.75 Å². The number of nitrogens with one attached hydrogen (secondary N) is 1. The molecule has 3 rings (SSSR count). The highest BCUT2D eigenvalue weighted by atomic mass is 19.4. The molecule has 0 amide bonds. The van der Waals surface area contributed by atoms with Crippen molar-refractivity contribution >= 4 is 5.82 Å². The largest absolute Gasteiger partial charge is 0.507 e. The van der Waals surface area contributed by atoms with Gasteiger partial charge in [-0.3, -0.25) is 4.90 Å². The van der Waals surface area contributed by atoms with E-state index in [4.69, 9.17) is 0 Å². The molecule has 1 aromatic carbocycles. The monoisotopic (exact) mass is 410 g/mol. The third-order valence-corrected chi connectivity index (χ3v) is 4.94. The highest BCUT2D eigenvalue weighted by Crippen LogP contribution is 2.38.